The lowest BCUT2D eigenvalue weighted by Crippen LogP contribution is -2.37. The summed E-state index contributed by atoms with van der Waals surface area (Å²) in [7, 11) is 0. The average molecular weight is 200 g/mol. The number of hydroxylamine groups is 2. The van der Waals surface area contributed by atoms with E-state index in [1.54, 1.807) is 5.06 Å². The van der Waals surface area contributed by atoms with E-state index in [2.05, 4.69) is 5.32 Å². The van der Waals surface area contributed by atoms with Crippen molar-refractivity contribution in [3.63, 3.8) is 0 Å². The Morgan fingerprint density at radius 1 is 1.43 bits per heavy atom. The summed E-state index contributed by atoms with van der Waals surface area (Å²) in [6.45, 7) is 2.15. The van der Waals surface area contributed by atoms with Gasteiger partial charge in [-0.25, -0.2) is 4.79 Å². The number of rotatable bonds is 2. The Labute approximate surface area is 83.0 Å². The van der Waals surface area contributed by atoms with E-state index in [1.165, 1.54) is 0 Å². The van der Waals surface area contributed by atoms with Crippen LogP contribution in [0, 0.1) is 0 Å². The van der Waals surface area contributed by atoms with Crippen LogP contribution in [-0.4, -0.2) is 47.9 Å². The van der Waals surface area contributed by atoms with Gasteiger partial charge >= 0.3 is 5.97 Å². The van der Waals surface area contributed by atoms with E-state index >= 15 is 0 Å². The number of carbonyl (C=O) groups is 1. The minimum absolute atomic E-state index is 0.261. The van der Waals surface area contributed by atoms with Gasteiger partial charge in [-0.3, -0.25) is 0 Å². The molecule has 0 radical (unpaired) electrons. The van der Waals surface area contributed by atoms with Crippen LogP contribution in [0.15, 0.2) is 0 Å². The van der Waals surface area contributed by atoms with Crippen molar-refractivity contribution in [1.29, 1.82) is 0 Å². The first-order valence-corrected chi connectivity index (χ1v) is 5.14. The number of aliphatic hydroxyl groups is 1. The quantitative estimate of drug-likeness (QED) is 0.615. The Morgan fingerprint density at radius 2 is 2.14 bits per heavy atom. The van der Waals surface area contributed by atoms with Gasteiger partial charge in [0.2, 0.25) is 0 Å². The molecule has 5 heteroatoms. The third kappa shape index (κ3) is 2.23. The summed E-state index contributed by atoms with van der Waals surface area (Å²) in [4.78, 5) is 16.7. The zero-order valence-corrected chi connectivity index (χ0v) is 8.11. The predicted octanol–water partition coefficient (Wildman–Crippen LogP) is -0.737. The first-order valence-electron chi connectivity index (χ1n) is 5.14. The lowest BCUT2D eigenvalue weighted by Gasteiger charge is -2.16. The smallest absolute Gasteiger partial charge is 0.342 e. The van der Waals surface area contributed by atoms with Crippen LogP contribution < -0.4 is 5.32 Å². The van der Waals surface area contributed by atoms with E-state index in [4.69, 9.17) is 4.84 Å². The van der Waals surface area contributed by atoms with Crippen LogP contribution in [0.25, 0.3) is 0 Å². The van der Waals surface area contributed by atoms with E-state index in [1.807, 2.05) is 0 Å². The lowest BCUT2D eigenvalue weighted by molar-refractivity contribution is -0.187. The Morgan fingerprint density at radius 3 is 2.71 bits per heavy atom. The molecule has 0 spiro atoms. The van der Waals surface area contributed by atoms with Gasteiger partial charge in [0.25, 0.3) is 0 Å². The molecule has 0 aromatic heterocycles. The van der Waals surface area contributed by atoms with Crippen molar-refractivity contribution in [2.24, 2.45) is 0 Å². The first kappa shape index (κ1) is 9.89. The lowest BCUT2D eigenvalue weighted by atomic mass is 10.2. The molecule has 2 heterocycles. The minimum atomic E-state index is -0.411. The monoisotopic (exact) mass is 200 g/mol. The normalized spacial score (nSPS) is 33.5. The second-order valence-electron chi connectivity index (χ2n) is 3.90. The van der Waals surface area contributed by atoms with E-state index in [9.17, 15) is 9.90 Å². The molecule has 2 rings (SSSR count). The second kappa shape index (κ2) is 4.25. The Kier molecular flexibility index (Phi) is 3.00. The first-order chi connectivity index (χ1) is 6.75. The number of hydrogen-bond donors (Lipinski definition) is 2. The summed E-state index contributed by atoms with van der Waals surface area (Å²) in [5.41, 5.74) is 0. The molecule has 5 nitrogen and oxygen atoms in total. The highest BCUT2D eigenvalue weighted by Gasteiger charge is 2.31. The van der Waals surface area contributed by atoms with Crippen LogP contribution in [-0.2, 0) is 9.63 Å². The number of hydrogen-bond acceptors (Lipinski definition) is 5. The average Bonchev–Trinajstić information content (AvgIpc) is 2.75. The zero-order valence-electron chi connectivity index (χ0n) is 8.11. The molecule has 2 saturated heterocycles. The van der Waals surface area contributed by atoms with E-state index in [0.717, 1.165) is 25.9 Å². The third-order valence-electron chi connectivity index (χ3n) is 2.68. The fraction of sp³-hybridized carbons (Fsp3) is 0.889. The van der Waals surface area contributed by atoms with Gasteiger partial charge < -0.3 is 15.3 Å². The van der Waals surface area contributed by atoms with Crippen molar-refractivity contribution in [3.05, 3.63) is 0 Å². The molecular weight excluding hydrogens is 184 g/mol. The molecule has 0 amide bonds. The second-order valence-corrected chi connectivity index (χ2v) is 3.90. The van der Waals surface area contributed by atoms with Crippen molar-refractivity contribution in [3.8, 4) is 0 Å². The van der Waals surface area contributed by atoms with Crippen LogP contribution in [0.4, 0.5) is 0 Å². The summed E-state index contributed by atoms with van der Waals surface area (Å²) in [6, 6.07) is -0.328. The highest BCUT2D eigenvalue weighted by Crippen LogP contribution is 2.12. The summed E-state index contributed by atoms with van der Waals surface area (Å²) >= 11 is 0. The third-order valence-corrected chi connectivity index (χ3v) is 2.68. The number of carbonyl (C=O) groups excluding carboxylic acids is 1. The molecule has 0 bridgehead atoms. The maximum atomic E-state index is 11.5. The largest absolute Gasteiger partial charge is 0.392 e. The van der Waals surface area contributed by atoms with Gasteiger partial charge in [-0.05, 0) is 12.8 Å². The predicted molar refractivity (Wildman–Crippen MR) is 49.3 cm³/mol. The van der Waals surface area contributed by atoms with Crippen molar-refractivity contribution in [1.82, 2.24) is 10.4 Å². The summed E-state index contributed by atoms with van der Waals surface area (Å²) in [5, 5.41) is 13.9. The fourth-order valence-corrected chi connectivity index (χ4v) is 1.87. The maximum absolute atomic E-state index is 11.5. The van der Waals surface area contributed by atoms with Gasteiger partial charge in [0.15, 0.2) is 0 Å². The minimum Gasteiger partial charge on any atom is -0.392 e. The van der Waals surface area contributed by atoms with Crippen molar-refractivity contribution in [2.45, 2.75) is 31.4 Å². The van der Waals surface area contributed by atoms with Gasteiger partial charge in [-0.15, -0.1) is 5.06 Å². The summed E-state index contributed by atoms with van der Waals surface area (Å²) in [6.07, 6.45) is 2.24. The van der Waals surface area contributed by atoms with E-state index in [0.29, 0.717) is 13.0 Å². The molecule has 0 aromatic rings. The SMILES string of the molecule is O=C(ON1CCCC1)[C@@H]1CC(O)CN1. The van der Waals surface area contributed by atoms with Gasteiger partial charge in [-0.2, -0.15) is 0 Å². The number of β-amino-alcohol motifs (C(OH)–C–C–N with tert-alkyl or cyclic N) is 1. The molecule has 1 unspecified atom stereocenters. The standard InChI is InChI=1S/C9H16N2O3/c12-7-5-8(10-6-7)9(13)14-11-3-1-2-4-11/h7-8,10,12H,1-6H2/t7?,8-/m0/s1. The molecule has 2 aliphatic heterocycles. The van der Waals surface area contributed by atoms with Crippen molar-refractivity contribution >= 4 is 5.97 Å². The number of nitrogens with one attached hydrogen (secondary N) is 1. The van der Waals surface area contributed by atoms with E-state index in [-0.39, 0.29) is 12.0 Å². The Hall–Kier alpha value is -0.650. The topological polar surface area (TPSA) is 61.8 Å². The molecule has 0 saturated carbocycles. The van der Waals surface area contributed by atoms with Crippen LogP contribution in [0.2, 0.25) is 0 Å². The van der Waals surface area contributed by atoms with E-state index < -0.39 is 6.10 Å². The molecule has 2 aliphatic rings. The Bertz CT molecular complexity index is 216. The number of aliphatic hydroxyl groups excluding tert-OH is 1. The van der Waals surface area contributed by atoms with Gasteiger partial charge in [0.05, 0.1) is 6.10 Å². The zero-order chi connectivity index (χ0) is 9.97. The molecule has 2 N–H and O–H groups in total. The van der Waals surface area contributed by atoms with Gasteiger partial charge in [0, 0.05) is 26.1 Å². The fourth-order valence-electron chi connectivity index (χ4n) is 1.87. The van der Waals surface area contributed by atoms with Crippen molar-refractivity contribution in [2.75, 3.05) is 19.6 Å². The highest BCUT2D eigenvalue weighted by molar-refractivity contribution is 5.76. The Balaban J connectivity index is 1.77. The van der Waals surface area contributed by atoms with Crippen LogP contribution >= 0.6 is 0 Å². The summed E-state index contributed by atoms with van der Waals surface area (Å²) < 4.78 is 0. The highest BCUT2D eigenvalue weighted by atomic mass is 16.7. The maximum Gasteiger partial charge on any atom is 0.342 e. The van der Waals surface area contributed by atoms with Gasteiger partial charge in [-0.1, -0.05) is 0 Å². The molecule has 14 heavy (non-hydrogen) atoms. The number of nitrogens with zero attached hydrogens (tertiary/aromatic N) is 1. The van der Waals surface area contributed by atoms with Crippen LogP contribution in [0.5, 0.6) is 0 Å². The molecule has 0 aromatic carbocycles. The molecule has 2 atom stereocenters. The van der Waals surface area contributed by atoms with Gasteiger partial charge in [0.1, 0.15) is 6.04 Å². The molecule has 80 valence electrons. The van der Waals surface area contributed by atoms with Crippen molar-refractivity contribution < 1.29 is 14.7 Å². The van der Waals surface area contributed by atoms with Crippen LogP contribution in [0.1, 0.15) is 19.3 Å². The molecule has 0 aliphatic carbocycles. The molecule has 2 fully saturated rings. The van der Waals surface area contributed by atoms with Crippen LogP contribution in [0.3, 0.4) is 0 Å². The molecular formula is C9H16N2O3. The summed E-state index contributed by atoms with van der Waals surface area (Å²) in [5.74, 6) is -0.261.